The summed E-state index contributed by atoms with van der Waals surface area (Å²) in [6.07, 6.45) is 2.97. The van der Waals surface area contributed by atoms with Gasteiger partial charge in [-0.05, 0) is 33.1 Å². The fourth-order valence-electron chi connectivity index (χ4n) is 1.66. The maximum Gasteiger partial charge on any atom is 0.404 e. The van der Waals surface area contributed by atoms with Gasteiger partial charge in [0.15, 0.2) is 0 Å². The maximum atomic E-state index is 14.0. The maximum absolute atomic E-state index is 14.0. The van der Waals surface area contributed by atoms with Crippen LogP contribution < -0.4 is 0 Å². The standard InChI is InChI=1S/C10H17F2O3P/c1-3-14-16(13,15-4-2)10(11,12)9-7-5-6-8-9/h7H,3-6,8H2,1-2H3. The van der Waals surface area contributed by atoms with Crippen LogP contribution in [0.3, 0.4) is 0 Å². The Bertz CT molecular complexity index is 305. The van der Waals surface area contributed by atoms with Crippen molar-refractivity contribution < 1.29 is 22.4 Å². The number of halogens is 2. The summed E-state index contributed by atoms with van der Waals surface area (Å²) in [6, 6.07) is 0. The molecular formula is C10H17F2O3P. The van der Waals surface area contributed by atoms with E-state index in [2.05, 4.69) is 9.05 Å². The lowest BCUT2D eigenvalue weighted by Crippen LogP contribution is -2.22. The fourth-order valence-corrected chi connectivity index (χ4v) is 3.29. The van der Waals surface area contributed by atoms with Gasteiger partial charge in [0.25, 0.3) is 0 Å². The van der Waals surface area contributed by atoms with Gasteiger partial charge in [0.05, 0.1) is 13.2 Å². The third-order valence-corrected chi connectivity index (χ3v) is 4.54. The highest BCUT2D eigenvalue weighted by atomic mass is 31.2. The molecule has 0 radical (unpaired) electrons. The second-order valence-electron chi connectivity index (χ2n) is 3.50. The molecule has 0 unspecified atom stereocenters. The first-order valence-electron chi connectivity index (χ1n) is 5.44. The predicted molar refractivity (Wildman–Crippen MR) is 57.7 cm³/mol. The molecule has 0 N–H and O–H groups in total. The van der Waals surface area contributed by atoms with Crippen molar-refractivity contribution in [3.05, 3.63) is 11.6 Å². The molecule has 0 saturated carbocycles. The molecule has 6 heteroatoms. The monoisotopic (exact) mass is 254 g/mol. The van der Waals surface area contributed by atoms with Crippen LogP contribution >= 0.6 is 7.60 Å². The van der Waals surface area contributed by atoms with E-state index in [0.29, 0.717) is 12.8 Å². The third kappa shape index (κ3) is 2.53. The number of hydrogen-bond acceptors (Lipinski definition) is 3. The van der Waals surface area contributed by atoms with Gasteiger partial charge in [-0.15, -0.1) is 0 Å². The zero-order valence-corrected chi connectivity index (χ0v) is 10.4. The van der Waals surface area contributed by atoms with Crippen LogP contribution in [0.1, 0.15) is 33.1 Å². The minimum atomic E-state index is -4.37. The average molecular weight is 254 g/mol. The van der Waals surface area contributed by atoms with Crippen LogP contribution in [0.5, 0.6) is 0 Å². The lowest BCUT2D eigenvalue weighted by molar-refractivity contribution is 0.0678. The highest BCUT2D eigenvalue weighted by Crippen LogP contribution is 2.65. The van der Waals surface area contributed by atoms with E-state index in [1.807, 2.05) is 0 Å². The van der Waals surface area contributed by atoms with E-state index >= 15 is 0 Å². The molecule has 0 aliphatic heterocycles. The van der Waals surface area contributed by atoms with Gasteiger partial charge in [-0.1, -0.05) is 6.08 Å². The lowest BCUT2D eigenvalue weighted by Gasteiger charge is -2.26. The quantitative estimate of drug-likeness (QED) is 0.531. The number of rotatable bonds is 6. The van der Waals surface area contributed by atoms with Crippen LogP contribution in [0.25, 0.3) is 0 Å². The van der Waals surface area contributed by atoms with Crippen molar-refractivity contribution >= 4 is 7.60 Å². The molecule has 0 atom stereocenters. The summed E-state index contributed by atoms with van der Waals surface area (Å²) >= 11 is 0. The largest absolute Gasteiger partial charge is 0.404 e. The Morgan fingerprint density at radius 3 is 2.31 bits per heavy atom. The fraction of sp³-hybridized carbons (Fsp3) is 0.800. The Kier molecular flexibility index (Phi) is 4.65. The number of alkyl halides is 2. The smallest absolute Gasteiger partial charge is 0.304 e. The number of allylic oxidation sites excluding steroid dienone is 2. The first-order chi connectivity index (χ1) is 7.48. The van der Waals surface area contributed by atoms with Crippen molar-refractivity contribution in [3.8, 4) is 0 Å². The Labute approximate surface area is 94.3 Å². The van der Waals surface area contributed by atoms with E-state index < -0.39 is 13.3 Å². The molecule has 3 nitrogen and oxygen atoms in total. The van der Waals surface area contributed by atoms with Gasteiger partial charge in [0.2, 0.25) is 0 Å². The van der Waals surface area contributed by atoms with E-state index in [9.17, 15) is 13.3 Å². The van der Waals surface area contributed by atoms with Gasteiger partial charge in [-0.2, -0.15) is 8.78 Å². The van der Waals surface area contributed by atoms with Crippen molar-refractivity contribution in [1.82, 2.24) is 0 Å². The Morgan fingerprint density at radius 2 is 1.94 bits per heavy atom. The summed E-state index contributed by atoms with van der Waals surface area (Å²) in [6.45, 7) is 2.93. The first-order valence-corrected chi connectivity index (χ1v) is 6.98. The molecule has 0 aromatic rings. The van der Waals surface area contributed by atoms with E-state index in [4.69, 9.17) is 0 Å². The molecule has 1 rings (SSSR count). The molecule has 0 amide bonds. The Morgan fingerprint density at radius 1 is 1.38 bits per heavy atom. The van der Waals surface area contributed by atoms with Crippen LogP contribution in [-0.2, 0) is 13.6 Å². The molecule has 0 heterocycles. The summed E-state index contributed by atoms with van der Waals surface area (Å²) < 4.78 is 49.3. The van der Waals surface area contributed by atoms with Crippen molar-refractivity contribution in [2.75, 3.05) is 13.2 Å². The van der Waals surface area contributed by atoms with Gasteiger partial charge >= 0.3 is 13.3 Å². The van der Waals surface area contributed by atoms with Gasteiger partial charge in [-0.25, -0.2) is 0 Å². The van der Waals surface area contributed by atoms with Gasteiger partial charge in [0.1, 0.15) is 0 Å². The molecule has 0 fully saturated rings. The second-order valence-corrected chi connectivity index (χ2v) is 5.57. The van der Waals surface area contributed by atoms with E-state index in [1.165, 1.54) is 19.9 Å². The average Bonchev–Trinajstić information content (AvgIpc) is 2.71. The van der Waals surface area contributed by atoms with Crippen LogP contribution in [0, 0.1) is 0 Å². The zero-order chi connectivity index (χ0) is 12.2. The Balaban J connectivity index is 2.95. The first kappa shape index (κ1) is 13.8. The van der Waals surface area contributed by atoms with Crippen molar-refractivity contribution in [1.29, 1.82) is 0 Å². The highest BCUT2D eigenvalue weighted by molar-refractivity contribution is 7.55. The molecule has 94 valence electrons. The molecule has 0 bridgehead atoms. The highest BCUT2D eigenvalue weighted by Gasteiger charge is 2.55. The molecule has 0 spiro atoms. The zero-order valence-electron chi connectivity index (χ0n) is 9.54. The summed E-state index contributed by atoms with van der Waals surface area (Å²) in [5.41, 5.74) is -3.60. The summed E-state index contributed by atoms with van der Waals surface area (Å²) in [7, 11) is -4.37. The molecule has 0 aromatic carbocycles. The summed E-state index contributed by atoms with van der Waals surface area (Å²) in [5, 5.41) is 0. The molecule has 16 heavy (non-hydrogen) atoms. The topological polar surface area (TPSA) is 35.5 Å². The molecular weight excluding hydrogens is 237 g/mol. The Hall–Kier alpha value is -0.250. The van der Waals surface area contributed by atoms with Crippen LogP contribution in [0.2, 0.25) is 0 Å². The minimum Gasteiger partial charge on any atom is -0.304 e. The van der Waals surface area contributed by atoms with Gasteiger partial charge in [0, 0.05) is 5.57 Å². The van der Waals surface area contributed by atoms with Gasteiger partial charge in [-0.3, -0.25) is 4.57 Å². The van der Waals surface area contributed by atoms with Crippen molar-refractivity contribution in [3.63, 3.8) is 0 Å². The third-order valence-electron chi connectivity index (χ3n) is 2.37. The van der Waals surface area contributed by atoms with Crippen LogP contribution in [0.15, 0.2) is 11.6 Å². The SMILES string of the molecule is CCOP(=O)(OCC)C(F)(F)C1=CCCC1. The lowest BCUT2D eigenvalue weighted by atomic mass is 10.2. The summed E-state index contributed by atoms with van der Waals surface area (Å²) in [4.78, 5) is 0. The second kappa shape index (κ2) is 5.39. The normalized spacial score (nSPS) is 17.6. The van der Waals surface area contributed by atoms with Crippen molar-refractivity contribution in [2.24, 2.45) is 0 Å². The van der Waals surface area contributed by atoms with Gasteiger partial charge < -0.3 is 9.05 Å². The molecule has 0 aromatic heterocycles. The summed E-state index contributed by atoms with van der Waals surface area (Å²) in [5.74, 6) is 0. The molecule has 1 aliphatic rings. The van der Waals surface area contributed by atoms with E-state index in [1.54, 1.807) is 0 Å². The number of hydrogen-bond donors (Lipinski definition) is 0. The molecule has 0 saturated heterocycles. The molecule has 1 aliphatic carbocycles. The minimum absolute atomic E-state index is 0.0554. The van der Waals surface area contributed by atoms with Crippen LogP contribution in [0.4, 0.5) is 8.78 Å². The van der Waals surface area contributed by atoms with Crippen molar-refractivity contribution in [2.45, 2.75) is 38.8 Å². The van der Waals surface area contributed by atoms with E-state index in [-0.39, 0.29) is 25.2 Å². The van der Waals surface area contributed by atoms with E-state index in [0.717, 1.165) is 0 Å². The van der Waals surface area contributed by atoms with Crippen LogP contribution in [-0.4, -0.2) is 18.9 Å². The predicted octanol–water partition coefficient (Wildman–Crippen LogP) is 3.96.